The van der Waals surface area contributed by atoms with E-state index in [0.717, 1.165) is 24.8 Å². The third-order valence-electron chi connectivity index (χ3n) is 4.02. The van der Waals surface area contributed by atoms with Crippen LogP contribution >= 0.6 is 0 Å². The molecule has 0 amide bonds. The maximum absolute atomic E-state index is 12.9. The molecule has 5 nitrogen and oxygen atoms in total. The molecule has 0 spiro atoms. The summed E-state index contributed by atoms with van der Waals surface area (Å²) < 4.78 is 27.2. The second kappa shape index (κ2) is 6.87. The Labute approximate surface area is 126 Å². The topological polar surface area (TPSA) is 83.6 Å². The van der Waals surface area contributed by atoms with E-state index in [2.05, 4.69) is 0 Å². The molecule has 1 heterocycles. The van der Waals surface area contributed by atoms with Crippen LogP contribution in [0.3, 0.4) is 0 Å². The largest absolute Gasteiger partial charge is 0.395 e. The Morgan fingerprint density at radius 3 is 2.81 bits per heavy atom. The quantitative estimate of drug-likeness (QED) is 0.885. The highest BCUT2D eigenvalue weighted by molar-refractivity contribution is 7.89. The van der Waals surface area contributed by atoms with Gasteiger partial charge in [0.25, 0.3) is 0 Å². The Bertz CT molecular complexity index is 572. The van der Waals surface area contributed by atoms with Crippen LogP contribution in [0.2, 0.25) is 0 Å². The van der Waals surface area contributed by atoms with Crippen LogP contribution < -0.4 is 5.73 Å². The summed E-state index contributed by atoms with van der Waals surface area (Å²) in [5, 5.41) is 9.51. The first-order valence-electron chi connectivity index (χ1n) is 7.45. The van der Waals surface area contributed by atoms with Gasteiger partial charge >= 0.3 is 0 Å². The molecule has 1 aliphatic rings. The molecule has 0 aromatic heterocycles. The summed E-state index contributed by atoms with van der Waals surface area (Å²) in [6.45, 7) is 2.16. The fraction of sp³-hybridized carbons (Fsp3) is 0.600. The maximum Gasteiger partial charge on any atom is 0.243 e. The van der Waals surface area contributed by atoms with Crippen molar-refractivity contribution in [1.29, 1.82) is 0 Å². The summed E-state index contributed by atoms with van der Waals surface area (Å²) in [6, 6.07) is 6.25. The van der Waals surface area contributed by atoms with Crippen molar-refractivity contribution in [2.45, 2.75) is 49.6 Å². The van der Waals surface area contributed by atoms with E-state index in [1.807, 2.05) is 13.0 Å². The van der Waals surface area contributed by atoms with Gasteiger partial charge in [-0.3, -0.25) is 0 Å². The number of aliphatic hydroxyl groups is 1. The van der Waals surface area contributed by atoms with Gasteiger partial charge in [0.15, 0.2) is 0 Å². The van der Waals surface area contributed by atoms with Gasteiger partial charge in [-0.05, 0) is 37.5 Å². The first kappa shape index (κ1) is 16.4. The number of aliphatic hydroxyl groups excluding tert-OH is 1. The number of benzene rings is 1. The van der Waals surface area contributed by atoms with Gasteiger partial charge < -0.3 is 10.8 Å². The Hall–Kier alpha value is -0.950. The van der Waals surface area contributed by atoms with Crippen molar-refractivity contribution in [2.24, 2.45) is 5.73 Å². The minimum atomic E-state index is -3.58. The zero-order valence-corrected chi connectivity index (χ0v) is 13.2. The Balaban J connectivity index is 2.37. The molecule has 0 saturated carbocycles. The van der Waals surface area contributed by atoms with E-state index in [1.165, 1.54) is 4.31 Å². The Morgan fingerprint density at radius 1 is 1.38 bits per heavy atom. The van der Waals surface area contributed by atoms with Crippen LogP contribution in [0.1, 0.15) is 44.2 Å². The van der Waals surface area contributed by atoms with E-state index in [4.69, 9.17) is 5.73 Å². The lowest BCUT2D eigenvalue weighted by atomic mass is 10.1. The van der Waals surface area contributed by atoms with E-state index in [-0.39, 0.29) is 23.6 Å². The summed E-state index contributed by atoms with van der Waals surface area (Å²) in [7, 11) is -3.58. The monoisotopic (exact) mass is 312 g/mol. The number of hydrogen-bond donors (Lipinski definition) is 2. The summed E-state index contributed by atoms with van der Waals surface area (Å²) in [4.78, 5) is 0.262. The van der Waals surface area contributed by atoms with Crippen molar-refractivity contribution in [1.82, 2.24) is 4.31 Å². The molecule has 1 aromatic carbocycles. The molecule has 2 unspecified atom stereocenters. The van der Waals surface area contributed by atoms with Gasteiger partial charge in [-0.15, -0.1) is 0 Å². The van der Waals surface area contributed by atoms with Crippen molar-refractivity contribution in [3.63, 3.8) is 0 Å². The predicted molar refractivity (Wildman–Crippen MR) is 82.3 cm³/mol. The predicted octanol–water partition coefficient (Wildman–Crippen LogP) is 1.63. The molecule has 118 valence electrons. The van der Waals surface area contributed by atoms with Crippen LogP contribution in [0, 0.1) is 0 Å². The van der Waals surface area contributed by atoms with Gasteiger partial charge in [0, 0.05) is 18.6 Å². The highest BCUT2D eigenvalue weighted by Crippen LogP contribution is 2.26. The van der Waals surface area contributed by atoms with Gasteiger partial charge in [-0.25, -0.2) is 8.42 Å². The van der Waals surface area contributed by atoms with Crippen LogP contribution in [0.15, 0.2) is 29.2 Å². The second-order valence-electron chi connectivity index (χ2n) is 5.66. The van der Waals surface area contributed by atoms with Crippen LogP contribution in [0.5, 0.6) is 0 Å². The molecule has 2 atom stereocenters. The first-order valence-corrected chi connectivity index (χ1v) is 8.89. The highest BCUT2D eigenvalue weighted by atomic mass is 32.2. The van der Waals surface area contributed by atoms with Crippen LogP contribution in [0.4, 0.5) is 0 Å². The van der Waals surface area contributed by atoms with Crippen LogP contribution in [0.25, 0.3) is 0 Å². The summed E-state index contributed by atoms with van der Waals surface area (Å²) in [6.07, 6.45) is 3.50. The van der Waals surface area contributed by atoms with Crippen molar-refractivity contribution in [3.8, 4) is 0 Å². The second-order valence-corrected chi connectivity index (χ2v) is 7.55. The third-order valence-corrected chi connectivity index (χ3v) is 5.97. The molecular weight excluding hydrogens is 288 g/mol. The molecule has 3 N–H and O–H groups in total. The van der Waals surface area contributed by atoms with E-state index in [0.29, 0.717) is 13.0 Å². The lowest BCUT2D eigenvalue weighted by Gasteiger charge is -2.28. The van der Waals surface area contributed by atoms with Crippen LogP contribution in [-0.2, 0) is 10.0 Å². The minimum Gasteiger partial charge on any atom is -0.395 e. The SMILES string of the molecule is CC(N)c1cccc(S(=O)(=O)N2CCCCCC2CO)c1. The van der Waals surface area contributed by atoms with E-state index in [1.54, 1.807) is 18.2 Å². The summed E-state index contributed by atoms with van der Waals surface area (Å²) >= 11 is 0. The number of rotatable bonds is 4. The molecule has 0 bridgehead atoms. The lowest BCUT2D eigenvalue weighted by Crippen LogP contribution is -2.42. The maximum atomic E-state index is 12.9. The first-order chi connectivity index (χ1) is 9.96. The van der Waals surface area contributed by atoms with Crippen LogP contribution in [-0.4, -0.2) is 37.0 Å². The number of hydrogen-bond acceptors (Lipinski definition) is 4. The fourth-order valence-electron chi connectivity index (χ4n) is 2.74. The van der Waals surface area contributed by atoms with E-state index >= 15 is 0 Å². The minimum absolute atomic E-state index is 0.133. The van der Waals surface area contributed by atoms with Gasteiger partial charge in [-0.2, -0.15) is 4.31 Å². The van der Waals surface area contributed by atoms with Gasteiger partial charge in [0.1, 0.15) is 0 Å². The van der Waals surface area contributed by atoms with Crippen molar-refractivity contribution < 1.29 is 13.5 Å². The lowest BCUT2D eigenvalue weighted by molar-refractivity contribution is 0.186. The summed E-state index contributed by atoms with van der Waals surface area (Å²) in [5.74, 6) is 0. The van der Waals surface area contributed by atoms with Gasteiger partial charge in [0.2, 0.25) is 10.0 Å². The third kappa shape index (κ3) is 3.63. The van der Waals surface area contributed by atoms with E-state index in [9.17, 15) is 13.5 Å². The van der Waals surface area contributed by atoms with Crippen molar-refractivity contribution >= 4 is 10.0 Å². The molecule has 6 heteroatoms. The van der Waals surface area contributed by atoms with Crippen molar-refractivity contribution in [2.75, 3.05) is 13.2 Å². The molecule has 1 saturated heterocycles. The average Bonchev–Trinajstić information content (AvgIpc) is 2.73. The van der Waals surface area contributed by atoms with Gasteiger partial charge in [-0.1, -0.05) is 25.0 Å². The number of nitrogens with two attached hydrogens (primary N) is 1. The van der Waals surface area contributed by atoms with E-state index < -0.39 is 10.0 Å². The zero-order chi connectivity index (χ0) is 15.5. The highest BCUT2D eigenvalue weighted by Gasteiger charge is 2.32. The molecule has 2 rings (SSSR count). The molecule has 21 heavy (non-hydrogen) atoms. The normalized spacial score (nSPS) is 22.7. The average molecular weight is 312 g/mol. The molecule has 0 aliphatic carbocycles. The molecule has 1 fully saturated rings. The van der Waals surface area contributed by atoms with Gasteiger partial charge in [0.05, 0.1) is 11.5 Å². The zero-order valence-electron chi connectivity index (χ0n) is 12.4. The molecular formula is C15H24N2O3S. The summed E-state index contributed by atoms with van der Waals surface area (Å²) in [5.41, 5.74) is 6.63. The molecule has 1 aliphatic heterocycles. The van der Waals surface area contributed by atoms with Crippen molar-refractivity contribution in [3.05, 3.63) is 29.8 Å². The Morgan fingerprint density at radius 2 is 2.14 bits per heavy atom. The fourth-order valence-corrected chi connectivity index (χ4v) is 4.48. The molecule has 1 aromatic rings. The molecule has 0 radical (unpaired) electrons. The number of nitrogens with zero attached hydrogens (tertiary/aromatic N) is 1. The smallest absolute Gasteiger partial charge is 0.243 e. The standard InChI is InChI=1S/C15H24N2O3S/c1-12(16)13-6-5-8-15(10-13)21(19,20)17-9-4-2-3-7-14(17)11-18/h5-6,8,10,12,14,18H,2-4,7,9,11,16H2,1H3. The number of sulfonamides is 1. The Kier molecular flexibility index (Phi) is 5.37.